The van der Waals surface area contributed by atoms with E-state index in [-0.39, 0.29) is 10.8 Å². The molecule has 28 heavy (non-hydrogen) atoms. The Bertz CT molecular complexity index is 900. The normalized spacial score (nSPS) is 11.7. The van der Waals surface area contributed by atoms with Crippen LogP contribution in [-0.4, -0.2) is 38.3 Å². The summed E-state index contributed by atoms with van der Waals surface area (Å²) >= 11 is 0. The van der Waals surface area contributed by atoms with Gasteiger partial charge >= 0.3 is 0 Å². The van der Waals surface area contributed by atoms with Gasteiger partial charge in [0.15, 0.2) is 0 Å². The van der Waals surface area contributed by atoms with E-state index in [1.165, 1.54) is 10.4 Å². The lowest BCUT2D eigenvalue weighted by Crippen LogP contribution is -2.30. The van der Waals surface area contributed by atoms with Gasteiger partial charge in [0.05, 0.1) is 11.5 Å². The summed E-state index contributed by atoms with van der Waals surface area (Å²) in [6, 6.07) is 13.6. The van der Waals surface area contributed by atoms with Gasteiger partial charge in [0.1, 0.15) is 5.75 Å². The average Bonchev–Trinajstić information content (AvgIpc) is 2.69. The first-order valence-corrected chi connectivity index (χ1v) is 10.7. The molecule has 0 bridgehead atoms. The first kappa shape index (κ1) is 21.7. The molecule has 150 valence electrons. The molecular formula is C21H26N2O4S. The summed E-state index contributed by atoms with van der Waals surface area (Å²) in [5.74, 6) is 0.472. The number of benzene rings is 2. The van der Waals surface area contributed by atoms with Gasteiger partial charge in [-0.15, -0.1) is 0 Å². The van der Waals surface area contributed by atoms with Crippen LogP contribution in [0.25, 0.3) is 6.08 Å². The third-order valence-electron chi connectivity index (χ3n) is 4.08. The molecule has 7 heteroatoms. The van der Waals surface area contributed by atoms with Crippen molar-refractivity contribution in [2.24, 2.45) is 0 Å². The van der Waals surface area contributed by atoms with Crippen molar-refractivity contribution < 1.29 is 17.9 Å². The van der Waals surface area contributed by atoms with E-state index in [0.29, 0.717) is 25.4 Å². The Kier molecular flexibility index (Phi) is 7.78. The molecule has 0 aliphatic heterocycles. The van der Waals surface area contributed by atoms with Gasteiger partial charge in [0.2, 0.25) is 15.9 Å². The van der Waals surface area contributed by atoms with Crippen molar-refractivity contribution in [2.45, 2.75) is 25.7 Å². The molecule has 0 heterocycles. The second-order valence-electron chi connectivity index (χ2n) is 5.94. The Morgan fingerprint density at radius 2 is 1.61 bits per heavy atom. The van der Waals surface area contributed by atoms with Crippen molar-refractivity contribution in [3.05, 3.63) is 60.2 Å². The van der Waals surface area contributed by atoms with Crippen LogP contribution in [0.3, 0.4) is 0 Å². The molecule has 0 radical (unpaired) electrons. The molecule has 0 aromatic heterocycles. The molecule has 0 saturated heterocycles. The Morgan fingerprint density at radius 3 is 2.14 bits per heavy atom. The SMILES string of the molecule is CCOc1ccc(NC(=O)/C=C/c2ccc(S(=O)(=O)N(CC)CC)cc2)cc1. The van der Waals surface area contributed by atoms with E-state index in [0.717, 1.165) is 11.3 Å². The maximum absolute atomic E-state index is 12.5. The molecule has 0 unspecified atom stereocenters. The first-order chi connectivity index (χ1) is 13.4. The fourth-order valence-corrected chi connectivity index (χ4v) is 4.08. The van der Waals surface area contributed by atoms with Gasteiger partial charge in [-0.2, -0.15) is 4.31 Å². The summed E-state index contributed by atoms with van der Waals surface area (Å²) < 4.78 is 31.7. The highest BCUT2D eigenvalue weighted by atomic mass is 32.2. The lowest BCUT2D eigenvalue weighted by molar-refractivity contribution is -0.111. The van der Waals surface area contributed by atoms with E-state index in [1.54, 1.807) is 68.5 Å². The molecule has 1 N–H and O–H groups in total. The minimum atomic E-state index is -3.48. The zero-order chi connectivity index (χ0) is 20.6. The van der Waals surface area contributed by atoms with Gasteiger partial charge < -0.3 is 10.1 Å². The predicted molar refractivity (Wildman–Crippen MR) is 112 cm³/mol. The van der Waals surface area contributed by atoms with Crippen LogP contribution in [-0.2, 0) is 14.8 Å². The van der Waals surface area contributed by atoms with Crippen LogP contribution >= 0.6 is 0 Å². The summed E-state index contributed by atoms with van der Waals surface area (Å²) in [6.45, 7) is 6.95. The summed E-state index contributed by atoms with van der Waals surface area (Å²) in [6.07, 6.45) is 3.04. The number of carbonyl (C=O) groups excluding carboxylic acids is 1. The number of rotatable bonds is 9. The lowest BCUT2D eigenvalue weighted by atomic mass is 10.2. The largest absolute Gasteiger partial charge is 0.494 e. The van der Waals surface area contributed by atoms with E-state index in [1.807, 2.05) is 6.92 Å². The zero-order valence-electron chi connectivity index (χ0n) is 16.4. The van der Waals surface area contributed by atoms with Crippen LogP contribution in [0.1, 0.15) is 26.3 Å². The fourth-order valence-electron chi connectivity index (χ4n) is 2.62. The number of ether oxygens (including phenoxy) is 1. The quantitative estimate of drug-likeness (QED) is 0.648. The molecule has 1 amide bonds. The second-order valence-corrected chi connectivity index (χ2v) is 7.88. The summed E-state index contributed by atoms with van der Waals surface area (Å²) in [7, 11) is -3.48. The Hall–Kier alpha value is -2.64. The second kappa shape index (κ2) is 10.1. The molecule has 0 fully saturated rings. The van der Waals surface area contributed by atoms with Gasteiger partial charge in [0.25, 0.3) is 0 Å². The van der Waals surface area contributed by atoms with Gasteiger partial charge in [-0.1, -0.05) is 26.0 Å². The van der Waals surface area contributed by atoms with Crippen molar-refractivity contribution >= 4 is 27.7 Å². The van der Waals surface area contributed by atoms with Gasteiger partial charge in [-0.05, 0) is 55.0 Å². The molecule has 6 nitrogen and oxygen atoms in total. The van der Waals surface area contributed by atoms with Crippen LogP contribution < -0.4 is 10.1 Å². The van der Waals surface area contributed by atoms with Crippen LogP contribution in [0.15, 0.2) is 59.5 Å². The molecule has 2 aromatic rings. The van der Waals surface area contributed by atoms with Crippen molar-refractivity contribution in [2.75, 3.05) is 25.0 Å². The molecule has 2 rings (SSSR count). The Labute approximate surface area is 166 Å². The maximum atomic E-state index is 12.5. The third kappa shape index (κ3) is 5.68. The van der Waals surface area contributed by atoms with E-state index >= 15 is 0 Å². The van der Waals surface area contributed by atoms with Crippen LogP contribution in [0.4, 0.5) is 5.69 Å². The molecule has 0 saturated carbocycles. The van der Waals surface area contributed by atoms with E-state index in [4.69, 9.17) is 4.74 Å². The molecule has 0 spiro atoms. The topological polar surface area (TPSA) is 75.7 Å². The van der Waals surface area contributed by atoms with Crippen molar-refractivity contribution in [1.82, 2.24) is 4.31 Å². The highest BCUT2D eigenvalue weighted by molar-refractivity contribution is 7.89. The molecular weight excluding hydrogens is 376 g/mol. The molecule has 2 aromatic carbocycles. The first-order valence-electron chi connectivity index (χ1n) is 9.22. The lowest BCUT2D eigenvalue weighted by Gasteiger charge is -2.18. The number of sulfonamides is 1. The van der Waals surface area contributed by atoms with Gasteiger partial charge in [-0.3, -0.25) is 4.79 Å². The van der Waals surface area contributed by atoms with Crippen molar-refractivity contribution in [3.63, 3.8) is 0 Å². The zero-order valence-corrected chi connectivity index (χ0v) is 17.2. The van der Waals surface area contributed by atoms with Crippen molar-refractivity contribution in [1.29, 1.82) is 0 Å². The molecule has 0 aliphatic rings. The third-order valence-corrected chi connectivity index (χ3v) is 6.15. The summed E-state index contributed by atoms with van der Waals surface area (Å²) in [5, 5.41) is 2.76. The van der Waals surface area contributed by atoms with E-state index < -0.39 is 10.0 Å². The molecule has 0 aliphatic carbocycles. The van der Waals surface area contributed by atoms with E-state index in [2.05, 4.69) is 5.32 Å². The standard InChI is InChI=1S/C21H26N2O4S/c1-4-23(5-2)28(25,26)20-14-7-17(8-15-20)9-16-21(24)22-18-10-12-19(13-11-18)27-6-3/h7-16H,4-6H2,1-3H3,(H,22,24)/b16-9+. The smallest absolute Gasteiger partial charge is 0.248 e. The van der Waals surface area contributed by atoms with Crippen LogP contribution in [0.2, 0.25) is 0 Å². The predicted octanol–water partition coefficient (Wildman–Crippen LogP) is 3.77. The van der Waals surface area contributed by atoms with Crippen LogP contribution in [0, 0.1) is 0 Å². The maximum Gasteiger partial charge on any atom is 0.248 e. The highest BCUT2D eigenvalue weighted by Crippen LogP contribution is 2.17. The monoisotopic (exact) mass is 402 g/mol. The Morgan fingerprint density at radius 1 is 1.00 bits per heavy atom. The average molecular weight is 403 g/mol. The number of anilines is 1. The number of carbonyl (C=O) groups is 1. The number of nitrogens with one attached hydrogen (secondary N) is 1. The number of nitrogens with zero attached hydrogens (tertiary/aromatic N) is 1. The Balaban J connectivity index is 2.01. The minimum absolute atomic E-state index is 0.243. The number of hydrogen-bond acceptors (Lipinski definition) is 4. The summed E-state index contributed by atoms with van der Waals surface area (Å²) in [4.78, 5) is 12.3. The number of amides is 1. The highest BCUT2D eigenvalue weighted by Gasteiger charge is 2.20. The van der Waals surface area contributed by atoms with Crippen molar-refractivity contribution in [3.8, 4) is 5.75 Å². The van der Waals surface area contributed by atoms with E-state index in [9.17, 15) is 13.2 Å². The van der Waals surface area contributed by atoms with Gasteiger partial charge in [0, 0.05) is 24.9 Å². The molecule has 0 atom stereocenters. The van der Waals surface area contributed by atoms with Crippen LogP contribution in [0.5, 0.6) is 5.75 Å². The van der Waals surface area contributed by atoms with Gasteiger partial charge in [-0.25, -0.2) is 8.42 Å². The fraction of sp³-hybridized carbons (Fsp3) is 0.286. The minimum Gasteiger partial charge on any atom is -0.494 e. The number of hydrogen-bond donors (Lipinski definition) is 1. The summed E-state index contributed by atoms with van der Waals surface area (Å²) in [5.41, 5.74) is 1.40.